The maximum Gasteiger partial charge on any atom is 1.00 e. The van der Waals surface area contributed by atoms with Crippen molar-refractivity contribution >= 4 is 10.1 Å². The van der Waals surface area contributed by atoms with Crippen LogP contribution in [0.5, 0.6) is 0 Å². The van der Waals surface area contributed by atoms with E-state index in [0.717, 1.165) is 6.07 Å². The third-order valence-corrected chi connectivity index (χ3v) is 2.04. The second-order valence-corrected chi connectivity index (χ2v) is 3.44. The fourth-order valence-electron chi connectivity index (χ4n) is 0.675. The Balaban J connectivity index is 0. The number of halogens is 2. The molecular formula is C6H5F2NaO3S. The van der Waals surface area contributed by atoms with Gasteiger partial charge in [0.25, 0.3) is 10.1 Å². The molecule has 0 unspecified atom stereocenters. The molecule has 13 heavy (non-hydrogen) atoms. The zero-order valence-corrected chi connectivity index (χ0v) is 9.48. The Bertz CT molecular complexity index is 410. The summed E-state index contributed by atoms with van der Waals surface area (Å²) in [7, 11) is -4.67. The van der Waals surface area contributed by atoms with Gasteiger partial charge in [-0.15, -0.1) is 0 Å². The number of rotatable bonds is 1. The molecular weight excluding hydrogens is 213 g/mol. The monoisotopic (exact) mass is 218 g/mol. The Hall–Kier alpha value is -0.0100. The van der Waals surface area contributed by atoms with Crippen molar-refractivity contribution in [1.82, 2.24) is 0 Å². The summed E-state index contributed by atoms with van der Waals surface area (Å²) in [5.74, 6) is -2.11. The quantitative estimate of drug-likeness (QED) is 0.453. The standard InChI is InChI=1S/C6H4F2O3S.Na.H/c7-4-1-2-5(8)6(3-4)12(9,10)11;;/h1-3H,(H,9,10,11);;/q;+1;-1. The van der Waals surface area contributed by atoms with Gasteiger partial charge in [-0.2, -0.15) is 8.42 Å². The summed E-state index contributed by atoms with van der Waals surface area (Å²) in [6, 6.07) is 1.78. The summed E-state index contributed by atoms with van der Waals surface area (Å²) >= 11 is 0. The number of hydrogen-bond acceptors (Lipinski definition) is 2. The van der Waals surface area contributed by atoms with Crippen LogP contribution in [0.3, 0.4) is 0 Å². The minimum Gasteiger partial charge on any atom is -1.00 e. The Morgan fingerprint density at radius 3 is 2.23 bits per heavy atom. The fraction of sp³-hybridized carbons (Fsp3) is 0. The first-order chi connectivity index (χ1) is 5.41. The summed E-state index contributed by atoms with van der Waals surface area (Å²) in [5.41, 5.74) is 0. The first-order valence-electron chi connectivity index (χ1n) is 2.84. The van der Waals surface area contributed by atoms with Crippen LogP contribution in [0.4, 0.5) is 8.78 Å². The maximum atomic E-state index is 12.6. The van der Waals surface area contributed by atoms with E-state index < -0.39 is 26.6 Å². The van der Waals surface area contributed by atoms with E-state index in [9.17, 15) is 17.2 Å². The van der Waals surface area contributed by atoms with E-state index in [1.807, 2.05) is 0 Å². The molecule has 0 aliphatic heterocycles. The summed E-state index contributed by atoms with van der Waals surface area (Å²) in [5, 5.41) is 0. The minimum atomic E-state index is -4.67. The summed E-state index contributed by atoms with van der Waals surface area (Å²) in [6.07, 6.45) is 0. The van der Waals surface area contributed by atoms with Crippen LogP contribution < -0.4 is 29.6 Å². The van der Waals surface area contributed by atoms with Crippen LogP contribution in [0.15, 0.2) is 23.1 Å². The fourth-order valence-corrected chi connectivity index (χ4v) is 1.25. The van der Waals surface area contributed by atoms with Gasteiger partial charge in [0.1, 0.15) is 16.5 Å². The van der Waals surface area contributed by atoms with Crippen molar-refractivity contribution in [2.45, 2.75) is 4.90 Å². The third-order valence-electron chi connectivity index (χ3n) is 1.17. The molecule has 0 aliphatic carbocycles. The molecule has 0 bridgehead atoms. The minimum absolute atomic E-state index is 0. The molecule has 1 aromatic carbocycles. The molecule has 68 valence electrons. The van der Waals surface area contributed by atoms with E-state index >= 15 is 0 Å². The van der Waals surface area contributed by atoms with E-state index in [0.29, 0.717) is 12.1 Å². The van der Waals surface area contributed by atoms with Crippen molar-refractivity contribution in [3.63, 3.8) is 0 Å². The van der Waals surface area contributed by atoms with Crippen LogP contribution in [-0.2, 0) is 10.1 Å². The van der Waals surface area contributed by atoms with Gasteiger partial charge >= 0.3 is 29.6 Å². The Morgan fingerprint density at radius 2 is 1.85 bits per heavy atom. The van der Waals surface area contributed by atoms with Crippen molar-refractivity contribution < 1.29 is 52.7 Å². The molecule has 0 amide bonds. The molecule has 0 heterocycles. The predicted octanol–water partition coefficient (Wildman–Crippen LogP) is -1.67. The van der Waals surface area contributed by atoms with Crippen molar-refractivity contribution in [3.8, 4) is 0 Å². The van der Waals surface area contributed by atoms with Gasteiger partial charge in [0.15, 0.2) is 0 Å². The Kier molecular flexibility index (Phi) is 4.47. The van der Waals surface area contributed by atoms with E-state index in [1.54, 1.807) is 0 Å². The van der Waals surface area contributed by atoms with Crippen molar-refractivity contribution in [2.24, 2.45) is 0 Å². The van der Waals surface area contributed by atoms with Crippen molar-refractivity contribution in [3.05, 3.63) is 29.8 Å². The smallest absolute Gasteiger partial charge is 1.00 e. The van der Waals surface area contributed by atoms with Gasteiger partial charge in [0, 0.05) is 0 Å². The molecule has 0 aromatic heterocycles. The molecule has 0 aliphatic rings. The van der Waals surface area contributed by atoms with Gasteiger partial charge in [-0.25, -0.2) is 8.78 Å². The second kappa shape index (κ2) is 4.47. The molecule has 7 heteroatoms. The molecule has 0 atom stereocenters. The third kappa shape index (κ3) is 3.32. The first kappa shape index (κ1) is 13.0. The van der Waals surface area contributed by atoms with Crippen molar-refractivity contribution in [2.75, 3.05) is 0 Å². The first-order valence-corrected chi connectivity index (χ1v) is 4.28. The number of hydrogen-bond donors (Lipinski definition) is 1. The SMILES string of the molecule is O=S(=O)(O)c1cc(F)ccc1F.[H-].[Na+]. The summed E-state index contributed by atoms with van der Waals surface area (Å²) in [6.45, 7) is 0. The van der Waals surface area contributed by atoms with Gasteiger partial charge in [-0.1, -0.05) is 0 Å². The van der Waals surface area contributed by atoms with E-state index in [4.69, 9.17) is 4.55 Å². The van der Waals surface area contributed by atoms with Crippen LogP contribution >= 0.6 is 0 Å². The number of benzene rings is 1. The molecule has 0 fully saturated rings. The van der Waals surface area contributed by atoms with Gasteiger partial charge in [0.2, 0.25) is 0 Å². The Morgan fingerprint density at radius 1 is 1.31 bits per heavy atom. The zero-order chi connectivity index (χ0) is 9.35. The van der Waals surface area contributed by atoms with Crippen LogP contribution in [0.2, 0.25) is 0 Å². The second-order valence-electron chi connectivity index (χ2n) is 2.05. The van der Waals surface area contributed by atoms with Gasteiger partial charge < -0.3 is 1.43 Å². The van der Waals surface area contributed by atoms with Gasteiger partial charge in [-0.05, 0) is 18.2 Å². The Labute approximate surface area is 97.3 Å². The van der Waals surface area contributed by atoms with E-state index in [2.05, 4.69) is 0 Å². The maximum absolute atomic E-state index is 12.6. The molecule has 3 nitrogen and oxygen atoms in total. The molecule has 0 saturated heterocycles. The normalized spacial score (nSPS) is 10.7. The molecule has 0 spiro atoms. The van der Waals surface area contributed by atoms with Gasteiger partial charge in [0.05, 0.1) is 0 Å². The van der Waals surface area contributed by atoms with E-state index in [-0.39, 0.29) is 31.0 Å². The molecule has 1 rings (SSSR count). The summed E-state index contributed by atoms with van der Waals surface area (Å²) < 4.78 is 54.0. The van der Waals surface area contributed by atoms with Crippen LogP contribution in [0.25, 0.3) is 0 Å². The average molecular weight is 218 g/mol. The predicted molar refractivity (Wildman–Crippen MR) is 37.3 cm³/mol. The van der Waals surface area contributed by atoms with Crippen LogP contribution in [-0.4, -0.2) is 13.0 Å². The van der Waals surface area contributed by atoms with Crippen LogP contribution in [0.1, 0.15) is 1.43 Å². The topological polar surface area (TPSA) is 54.4 Å². The summed E-state index contributed by atoms with van der Waals surface area (Å²) in [4.78, 5) is -1.05. The molecule has 1 aromatic rings. The average Bonchev–Trinajstić information content (AvgIpc) is 1.92. The van der Waals surface area contributed by atoms with Crippen LogP contribution in [0, 0.1) is 11.6 Å². The van der Waals surface area contributed by atoms with Crippen molar-refractivity contribution in [1.29, 1.82) is 0 Å². The van der Waals surface area contributed by atoms with E-state index in [1.165, 1.54) is 0 Å². The van der Waals surface area contributed by atoms with Gasteiger partial charge in [-0.3, -0.25) is 4.55 Å². The zero-order valence-electron chi connectivity index (χ0n) is 7.66. The molecule has 1 N–H and O–H groups in total. The largest absolute Gasteiger partial charge is 1.00 e. The molecule has 0 radical (unpaired) electrons. The molecule has 0 saturated carbocycles.